The molecular weight excluding hydrogens is 292 g/mol. The number of nitrogens with two attached hydrogens (primary N) is 1. The lowest BCUT2D eigenvalue weighted by Gasteiger charge is -2.22. The van der Waals surface area contributed by atoms with Crippen molar-refractivity contribution in [1.29, 1.82) is 0 Å². The average molecular weight is 313 g/mol. The molecule has 0 heterocycles. The number of nitrogens with one attached hydrogen (secondary N) is 1. The van der Waals surface area contributed by atoms with E-state index in [1.54, 1.807) is 0 Å². The maximum Gasteiger partial charge on any atom is 0.335 e. The smallest absolute Gasteiger partial charge is 0.335 e. The van der Waals surface area contributed by atoms with E-state index in [4.69, 9.17) is 22.4 Å². The van der Waals surface area contributed by atoms with Gasteiger partial charge in [-0.3, -0.25) is 4.79 Å². The molecule has 0 aliphatic heterocycles. The molecule has 1 atom stereocenters. The van der Waals surface area contributed by atoms with E-state index in [0.717, 1.165) is 0 Å². The number of amides is 1. The Morgan fingerprint density at radius 1 is 1.38 bits per heavy atom. The molecule has 0 bridgehead atoms. The number of carboxylic acids is 1. The van der Waals surface area contributed by atoms with Gasteiger partial charge in [0.1, 0.15) is 0 Å². The third-order valence-electron chi connectivity index (χ3n) is 2.81. The van der Waals surface area contributed by atoms with Crippen molar-refractivity contribution in [3.05, 3.63) is 28.8 Å². The van der Waals surface area contributed by atoms with Crippen LogP contribution in [0, 0.1) is 5.41 Å². The third kappa shape index (κ3) is 6.14. The zero-order chi connectivity index (χ0) is 16.2. The Labute approximate surface area is 129 Å². The molecule has 1 unspecified atom stereocenters. The lowest BCUT2D eigenvalue weighted by molar-refractivity contribution is -0.116. The molecular formula is C15H21ClN2O3. The fourth-order valence-electron chi connectivity index (χ4n) is 2.05. The van der Waals surface area contributed by atoms with E-state index in [0.29, 0.717) is 6.42 Å². The first kappa shape index (κ1) is 17.5. The van der Waals surface area contributed by atoms with Gasteiger partial charge in [-0.15, -0.1) is 0 Å². The van der Waals surface area contributed by atoms with Crippen LogP contribution >= 0.6 is 11.6 Å². The number of benzene rings is 1. The summed E-state index contributed by atoms with van der Waals surface area (Å²) in [7, 11) is 0. The first-order chi connectivity index (χ1) is 9.58. The Morgan fingerprint density at radius 3 is 2.52 bits per heavy atom. The largest absolute Gasteiger partial charge is 0.478 e. The van der Waals surface area contributed by atoms with Gasteiger partial charge in [-0.2, -0.15) is 0 Å². The van der Waals surface area contributed by atoms with E-state index >= 15 is 0 Å². The molecule has 0 aliphatic rings. The number of hydrogen-bond donors (Lipinski definition) is 3. The van der Waals surface area contributed by atoms with Crippen molar-refractivity contribution in [3.8, 4) is 0 Å². The van der Waals surface area contributed by atoms with E-state index in [2.05, 4.69) is 26.1 Å². The van der Waals surface area contributed by atoms with Crippen molar-refractivity contribution < 1.29 is 14.7 Å². The van der Waals surface area contributed by atoms with Gasteiger partial charge in [-0.1, -0.05) is 32.4 Å². The summed E-state index contributed by atoms with van der Waals surface area (Å²) < 4.78 is 0. The van der Waals surface area contributed by atoms with Gasteiger partial charge in [0.05, 0.1) is 16.3 Å². The molecule has 4 N–H and O–H groups in total. The van der Waals surface area contributed by atoms with Crippen LogP contribution in [0.5, 0.6) is 0 Å². The Balaban J connectivity index is 2.71. The lowest BCUT2D eigenvalue weighted by atomic mass is 9.87. The molecule has 116 valence electrons. The number of rotatable bonds is 5. The Morgan fingerprint density at radius 2 is 2.00 bits per heavy atom. The molecule has 6 heteroatoms. The zero-order valence-corrected chi connectivity index (χ0v) is 13.2. The van der Waals surface area contributed by atoms with Crippen molar-refractivity contribution in [2.75, 3.05) is 5.32 Å². The second-order valence-electron chi connectivity index (χ2n) is 6.28. The summed E-state index contributed by atoms with van der Waals surface area (Å²) in [4.78, 5) is 22.9. The summed E-state index contributed by atoms with van der Waals surface area (Å²) in [5, 5.41) is 11.8. The van der Waals surface area contributed by atoms with Crippen LogP contribution in [0.4, 0.5) is 5.69 Å². The fourth-order valence-corrected chi connectivity index (χ4v) is 2.22. The van der Waals surface area contributed by atoms with Gasteiger partial charge < -0.3 is 16.2 Å². The topological polar surface area (TPSA) is 92.4 Å². The average Bonchev–Trinajstić information content (AvgIpc) is 2.28. The van der Waals surface area contributed by atoms with Gasteiger partial charge in [0.2, 0.25) is 5.91 Å². The van der Waals surface area contributed by atoms with Crippen LogP contribution in [0.3, 0.4) is 0 Å². The van der Waals surface area contributed by atoms with Crippen LogP contribution in [-0.4, -0.2) is 23.0 Å². The van der Waals surface area contributed by atoms with Crippen LogP contribution in [0.1, 0.15) is 44.0 Å². The van der Waals surface area contributed by atoms with Gasteiger partial charge in [0, 0.05) is 12.5 Å². The summed E-state index contributed by atoms with van der Waals surface area (Å²) in [6, 6.07) is 3.89. The fraction of sp³-hybridized carbons (Fsp3) is 0.467. The van der Waals surface area contributed by atoms with Gasteiger partial charge in [-0.25, -0.2) is 4.79 Å². The van der Waals surface area contributed by atoms with Gasteiger partial charge >= 0.3 is 5.97 Å². The standard InChI is InChI=1S/C15H21ClN2O3/c1-15(2,3)8-10(17)7-13(19)18-12-6-9(14(20)21)4-5-11(12)16/h4-6,10H,7-8,17H2,1-3H3,(H,18,19)(H,20,21). The minimum Gasteiger partial charge on any atom is -0.478 e. The molecule has 5 nitrogen and oxygen atoms in total. The number of aromatic carboxylic acids is 1. The summed E-state index contributed by atoms with van der Waals surface area (Å²) in [6.07, 6.45) is 0.869. The molecule has 0 aliphatic carbocycles. The molecule has 0 saturated heterocycles. The minimum atomic E-state index is -1.08. The molecule has 0 saturated carbocycles. The molecule has 21 heavy (non-hydrogen) atoms. The van der Waals surface area contributed by atoms with Gasteiger partial charge in [0.25, 0.3) is 0 Å². The highest BCUT2D eigenvalue weighted by molar-refractivity contribution is 6.33. The number of carbonyl (C=O) groups is 2. The molecule has 1 aromatic carbocycles. The van der Waals surface area contributed by atoms with E-state index in [9.17, 15) is 9.59 Å². The van der Waals surface area contributed by atoms with E-state index in [-0.39, 0.29) is 40.1 Å². The Hall–Kier alpha value is -1.59. The summed E-state index contributed by atoms with van der Waals surface area (Å²) in [5.41, 5.74) is 6.33. The van der Waals surface area contributed by atoms with E-state index < -0.39 is 5.97 Å². The predicted octanol–water partition coefficient (Wildman–Crippen LogP) is 3.13. The summed E-state index contributed by atoms with van der Waals surface area (Å²) in [6.45, 7) is 6.16. The first-order valence-corrected chi connectivity index (χ1v) is 7.04. The second-order valence-corrected chi connectivity index (χ2v) is 6.68. The Bertz CT molecular complexity index is 538. The SMILES string of the molecule is CC(C)(C)CC(N)CC(=O)Nc1cc(C(=O)O)ccc1Cl. The summed E-state index contributed by atoms with van der Waals surface area (Å²) in [5.74, 6) is -1.36. The predicted molar refractivity (Wildman–Crippen MR) is 83.7 cm³/mol. The van der Waals surface area contributed by atoms with Crippen LogP contribution in [0.2, 0.25) is 5.02 Å². The van der Waals surface area contributed by atoms with Crippen LogP contribution in [0.15, 0.2) is 18.2 Å². The van der Waals surface area contributed by atoms with Crippen molar-refractivity contribution in [1.82, 2.24) is 0 Å². The quantitative estimate of drug-likeness (QED) is 0.778. The highest BCUT2D eigenvalue weighted by Crippen LogP contribution is 2.24. The lowest BCUT2D eigenvalue weighted by Crippen LogP contribution is -2.31. The van der Waals surface area contributed by atoms with E-state index in [1.165, 1.54) is 18.2 Å². The van der Waals surface area contributed by atoms with Crippen molar-refractivity contribution in [2.45, 2.75) is 39.7 Å². The first-order valence-electron chi connectivity index (χ1n) is 6.67. The molecule has 1 rings (SSSR count). The van der Waals surface area contributed by atoms with E-state index in [1.807, 2.05) is 0 Å². The molecule has 0 aromatic heterocycles. The van der Waals surface area contributed by atoms with Crippen LogP contribution in [-0.2, 0) is 4.79 Å². The molecule has 1 aromatic rings. The minimum absolute atomic E-state index is 0.0422. The number of carbonyl (C=O) groups excluding carboxylic acids is 1. The summed E-state index contributed by atoms with van der Waals surface area (Å²) >= 11 is 5.95. The van der Waals surface area contributed by atoms with Crippen molar-refractivity contribution in [3.63, 3.8) is 0 Å². The number of hydrogen-bond acceptors (Lipinski definition) is 3. The zero-order valence-electron chi connectivity index (χ0n) is 12.4. The van der Waals surface area contributed by atoms with Crippen molar-refractivity contribution in [2.24, 2.45) is 11.1 Å². The highest BCUT2D eigenvalue weighted by Gasteiger charge is 2.19. The molecule has 0 spiro atoms. The maximum absolute atomic E-state index is 11.9. The maximum atomic E-state index is 11.9. The normalized spacial score (nSPS) is 12.8. The molecule has 0 radical (unpaired) electrons. The monoisotopic (exact) mass is 312 g/mol. The number of halogens is 1. The highest BCUT2D eigenvalue weighted by atomic mass is 35.5. The second kappa shape index (κ2) is 6.91. The third-order valence-corrected chi connectivity index (χ3v) is 3.14. The van der Waals surface area contributed by atoms with Crippen LogP contribution in [0.25, 0.3) is 0 Å². The number of anilines is 1. The van der Waals surface area contributed by atoms with Crippen LogP contribution < -0.4 is 11.1 Å². The van der Waals surface area contributed by atoms with Crippen molar-refractivity contribution >= 4 is 29.2 Å². The number of carboxylic acid groups (broad SMARTS) is 1. The van der Waals surface area contributed by atoms with Gasteiger partial charge in [-0.05, 0) is 30.0 Å². The molecule has 0 fully saturated rings. The molecule has 1 amide bonds. The van der Waals surface area contributed by atoms with Gasteiger partial charge in [0.15, 0.2) is 0 Å². The Kier molecular flexibility index (Phi) is 5.75.